The molecule has 0 spiro atoms. The first-order valence-corrected chi connectivity index (χ1v) is 9.23. The first kappa shape index (κ1) is 20.2. The lowest BCUT2D eigenvalue weighted by molar-refractivity contribution is -0.199. The van der Waals surface area contributed by atoms with Crippen LogP contribution in [0.4, 0.5) is 0 Å². The van der Waals surface area contributed by atoms with Crippen molar-refractivity contribution in [3.05, 3.63) is 64.7 Å². The van der Waals surface area contributed by atoms with Crippen LogP contribution in [0.25, 0.3) is 5.57 Å². The summed E-state index contributed by atoms with van der Waals surface area (Å²) in [5.41, 5.74) is 2.31. The number of nitrogens with zero attached hydrogens (tertiary/aromatic N) is 1. The van der Waals surface area contributed by atoms with E-state index >= 15 is 0 Å². The summed E-state index contributed by atoms with van der Waals surface area (Å²) in [6.07, 6.45) is 1.47. The van der Waals surface area contributed by atoms with Crippen molar-refractivity contribution in [1.82, 2.24) is 5.06 Å². The van der Waals surface area contributed by atoms with E-state index in [0.717, 1.165) is 11.1 Å². The maximum Gasteiger partial charge on any atom is 0.350 e. The van der Waals surface area contributed by atoms with Crippen LogP contribution in [-0.4, -0.2) is 51.6 Å². The van der Waals surface area contributed by atoms with Gasteiger partial charge < -0.3 is 19.0 Å². The fourth-order valence-corrected chi connectivity index (χ4v) is 3.00. The van der Waals surface area contributed by atoms with Crippen molar-refractivity contribution >= 4 is 23.1 Å². The zero-order valence-corrected chi connectivity index (χ0v) is 16.6. The van der Waals surface area contributed by atoms with Gasteiger partial charge in [0.25, 0.3) is 0 Å². The van der Waals surface area contributed by atoms with Crippen LogP contribution in [0.15, 0.2) is 48.5 Å². The number of carbonyl (C=O) groups is 1. The van der Waals surface area contributed by atoms with Gasteiger partial charge in [-0.2, -0.15) is 0 Å². The number of benzene rings is 2. The van der Waals surface area contributed by atoms with Gasteiger partial charge in [-0.05, 0) is 41.0 Å². The van der Waals surface area contributed by atoms with Crippen LogP contribution in [0.2, 0.25) is 5.02 Å². The number of carbonyl (C=O) groups excluding carboxylic acids is 1. The molecule has 1 heterocycles. The molecule has 1 aliphatic rings. The number of rotatable bonds is 6. The second-order valence-corrected chi connectivity index (χ2v) is 6.52. The highest BCUT2D eigenvalue weighted by Crippen LogP contribution is 2.33. The molecule has 6 nitrogen and oxygen atoms in total. The van der Waals surface area contributed by atoms with Gasteiger partial charge in [-0.3, -0.25) is 0 Å². The molecule has 3 rings (SSSR count). The molecule has 0 aliphatic carbocycles. The largest absolute Gasteiger partial charge is 0.493 e. The van der Waals surface area contributed by atoms with Gasteiger partial charge in [0.15, 0.2) is 11.5 Å². The summed E-state index contributed by atoms with van der Waals surface area (Å²) in [6.45, 7) is 2.17. The summed E-state index contributed by atoms with van der Waals surface area (Å²) in [7, 11) is 3.15. The zero-order chi connectivity index (χ0) is 19.9. The molecule has 1 aliphatic heterocycles. The first-order chi connectivity index (χ1) is 13.6. The van der Waals surface area contributed by atoms with Crippen molar-refractivity contribution in [2.24, 2.45) is 0 Å². The minimum atomic E-state index is -0.457. The Bertz CT molecular complexity index is 844. The molecule has 0 unspecified atom stereocenters. The fourth-order valence-electron chi connectivity index (χ4n) is 2.88. The molecule has 2 aromatic carbocycles. The van der Waals surface area contributed by atoms with Crippen LogP contribution in [-0.2, 0) is 14.4 Å². The number of hydrogen-bond donors (Lipinski definition) is 0. The van der Waals surface area contributed by atoms with Crippen LogP contribution < -0.4 is 9.47 Å². The van der Waals surface area contributed by atoms with Gasteiger partial charge in [0.1, 0.15) is 0 Å². The fraction of sp³-hybridized carbons (Fsp3) is 0.286. The van der Waals surface area contributed by atoms with Crippen molar-refractivity contribution in [3.63, 3.8) is 0 Å². The normalized spacial score (nSPS) is 15.2. The molecule has 0 atom stereocenters. The molecule has 1 fully saturated rings. The Morgan fingerprint density at radius 2 is 1.64 bits per heavy atom. The highest BCUT2D eigenvalue weighted by Gasteiger charge is 2.17. The number of hydroxylamine groups is 2. The van der Waals surface area contributed by atoms with Crippen molar-refractivity contribution in [1.29, 1.82) is 0 Å². The van der Waals surface area contributed by atoms with E-state index in [9.17, 15) is 4.79 Å². The summed E-state index contributed by atoms with van der Waals surface area (Å²) in [4.78, 5) is 18.0. The number of morpholine rings is 1. The van der Waals surface area contributed by atoms with Gasteiger partial charge in [-0.15, -0.1) is 5.06 Å². The molecular weight excluding hydrogens is 382 g/mol. The number of ether oxygens (including phenoxy) is 3. The molecule has 28 heavy (non-hydrogen) atoms. The topological polar surface area (TPSA) is 57.2 Å². The number of hydrogen-bond acceptors (Lipinski definition) is 6. The molecule has 0 radical (unpaired) electrons. The van der Waals surface area contributed by atoms with E-state index in [2.05, 4.69) is 0 Å². The lowest BCUT2D eigenvalue weighted by Gasteiger charge is -2.24. The molecule has 0 N–H and O–H groups in total. The molecule has 0 saturated carbocycles. The van der Waals surface area contributed by atoms with E-state index in [1.807, 2.05) is 24.3 Å². The summed E-state index contributed by atoms with van der Waals surface area (Å²) in [5.74, 6) is 0.723. The van der Waals surface area contributed by atoms with E-state index in [1.54, 1.807) is 37.5 Å². The third kappa shape index (κ3) is 5.04. The molecule has 0 bridgehead atoms. The van der Waals surface area contributed by atoms with Crippen molar-refractivity contribution in [2.75, 3.05) is 40.5 Å². The van der Waals surface area contributed by atoms with Gasteiger partial charge in [-0.25, -0.2) is 4.79 Å². The van der Waals surface area contributed by atoms with E-state index in [1.165, 1.54) is 6.08 Å². The summed E-state index contributed by atoms with van der Waals surface area (Å²) >= 11 is 6.02. The maximum absolute atomic E-state index is 12.5. The quantitative estimate of drug-likeness (QED) is 0.687. The van der Waals surface area contributed by atoms with Crippen molar-refractivity contribution in [3.8, 4) is 11.5 Å². The molecule has 0 amide bonds. The standard InChI is InChI=1S/C21H22ClNO5/c1-25-19-8-5-16(13-20(19)26-2)18(15-3-6-17(22)7-4-15)14-21(24)28-23-9-11-27-12-10-23/h3-8,13-14H,9-12H2,1-2H3. The highest BCUT2D eigenvalue weighted by molar-refractivity contribution is 6.30. The van der Waals surface area contributed by atoms with Gasteiger partial charge in [0, 0.05) is 11.1 Å². The maximum atomic E-state index is 12.5. The van der Waals surface area contributed by atoms with Gasteiger partial charge in [-0.1, -0.05) is 29.8 Å². The number of halogens is 1. The summed E-state index contributed by atoms with van der Waals surface area (Å²) in [5, 5.41) is 2.22. The molecule has 1 saturated heterocycles. The van der Waals surface area contributed by atoms with Crippen molar-refractivity contribution in [2.45, 2.75) is 0 Å². The molecule has 7 heteroatoms. The predicted molar refractivity (Wildman–Crippen MR) is 107 cm³/mol. The van der Waals surface area contributed by atoms with Crippen LogP contribution >= 0.6 is 11.6 Å². The van der Waals surface area contributed by atoms with Gasteiger partial charge in [0.2, 0.25) is 0 Å². The van der Waals surface area contributed by atoms with Crippen LogP contribution in [0.1, 0.15) is 11.1 Å². The third-order valence-corrected chi connectivity index (χ3v) is 4.55. The zero-order valence-electron chi connectivity index (χ0n) is 15.8. The Balaban J connectivity index is 1.95. The van der Waals surface area contributed by atoms with E-state index in [-0.39, 0.29) is 0 Å². The van der Waals surface area contributed by atoms with E-state index in [4.69, 9.17) is 30.6 Å². The lowest BCUT2D eigenvalue weighted by Crippen LogP contribution is -2.37. The van der Waals surface area contributed by atoms with Gasteiger partial charge >= 0.3 is 5.97 Å². The highest BCUT2D eigenvalue weighted by atomic mass is 35.5. The Morgan fingerprint density at radius 1 is 1.00 bits per heavy atom. The average molecular weight is 404 g/mol. The SMILES string of the molecule is COc1ccc(C(=CC(=O)ON2CCOCC2)c2ccc(Cl)cc2)cc1OC. The van der Waals surface area contributed by atoms with Crippen LogP contribution in [0.3, 0.4) is 0 Å². The van der Waals surface area contributed by atoms with Crippen LogP contribution in [0.5, 0.6) is 11.5 Å². The van der Waals surface area contributed by atoms with E-state index in [0.29, 0.717) is 48.4 Å². The molecule has 148 valence electrons. The minimum Gasteiger partial charge on any atom is -0.493 e. The van der Waals surface area contributed by atoms with Crippen LogP contribution in [0, 0.1) is 0 Å². The second kappa shape index (κ2) is 9.59. The monoisotopic (exact) mass is 403 g/mol. The van der Waals surface area contributed by atoms with Crippen molar-refractivity contribution < 1.29 is 23.8 Å². The number of methoxy groups -OCH3 is 2. The molecule has 0 aromatic heterocycles. The Hall–Kier alpha value is -2.54. The van der Waals surface area contributed by atoms with E-state index < -0.39 is 5.97 Å². The first-order valence-electron chi connectivity index (χ1n) is 8.85. The Kier molecular flexibility index (Phi) is 6.92. The Labute approximate surface area is 169 Å². The minimum absolute atomic E-state index is 0.457. The smallest absolute Gasteiger partial charge is 0.350 e. The lowest BCUT2D eigenvalue weighted by atomic mass is 9.97. The molecular formula is C21H22ClNO5. The predicted octanol–water partition coefficient (Wildman–Crippen LogP) is 3.58. The second-order valence-electron chi connectivity index (χ2n) is 6.09. The average Bonchev–Trinajstić information content (AvgIpc) is 2.73. The Morgan fingerprint density at radius 3 is 2.29 bits per heavy atom. The molecule has 2 aromatic rings. The summed E-state index contributed by atoms with van der Waals surface area (Å²) in [6, 6.07) is 12.7. The third-order valence-electron chi connectivity index (χ3n) is 4.30. The summed E-state index contributed by atoms with van der Waals surface area (Å²) < 4.78 is 16.0. The van der Waals surface area contributed by atoms with Gasteiger partial charge in [0.05, 0.1) is 40.5 Å².